The number of rotatable bonds is 4. The van der Waals surface area contributed by atoms with Gasteiger partial charge in [0.15, 0.2) is 0 Å². The summed E-state index contributed by atoms with van der Waals surface area (Å²) in [5, 5.41) is 14.2. The number of halogens is 1. The van der Waals surface area contributed by atoms with Crippen molar-refractivity contribution >= 4 is 23.0 Å². The fourth-order valence-corrected chi connectivity index (χ4v) is 2.39. The van der Waals surface area contributed by atoms with Crippen LogP contribution in [0.3, 0.4) is 0 Å². The van der Waals surface area contributed by atoms with E-state index in [1.54, 1.807) is 12.1 Å². The Kier molecular flexibility index (Phi) is 4.25. The zero-order valence-electron chi connectivity index (χ0n) is 11.3. The third kappa shape index (κ3) is 3.08. The van der Waals surface area contributed by atoms with Crippen LogP contribution in [0.15, 0.2) is 42.5 Å². The van der Waals surface area contributed by atoms with Gasteiger partial charge in [-0.3, -0.25) is 10.1 Å². The predicted octanol–water partition coefficient (Wildman–Crippen LogP) is 4.73. The van der Waals surface area contributed by atoms with Crippen LogP contribution >= 0.6 is 11.6 Å². The fourth-order valence-electron chi connectivity index (χ4n) is 2.15. The van der Waals surface area contributed by atoms with Crippen molar-refractivity contribution in [3.63, 3.8) is 0 Å². The zero-order valence-corrected chi connectivity index (χ0v) is 12.0. The summed E-state index contributed by atoms with van der Waals surface area (Å²) in [7, 11) is 0. The quantitative estimate of drug-likeness (QED) is 0.654. The first-order chi connectivity index (χ1) is 9.49. The van der Waals surface area contributed by atoms with E-state index < -0.39 is 4.92 Å². The summed E-state index contributed by atoms with van der Waals surface area (Å²) < 4.78 is 0. The monoisotopic (exact) mass is 290 g/mol. The molecule has 1 atom stereocenters. The lowest BCUT2D eigenvalue weighted by Gasteiger charge is -2.17. The molecule has 2 aromatic carbocycles. The highest BCUT2D eigenvalue weighted by molar-refractivity contribution is 6.32. The molecule has 4 nitrogen and oxygen atoms in total. The summed E-state index contributed by atoms with van der Waals surface area (Å²) in [4.78, 5) is 10.2. The Morgan fingerprint density at radius 2 is 1.95 bits per heavy atom. The molecule has 0 aliphatic rings. The van der Waals surface area contributed by atoms with Crippen LogP contribution in [0.1, 0.15) is 24.1 Å². The number of nitro benzene ring substituents is 1. The normalized spacial score (nSPS) is 11.9. The average molecular weight is 291 g/mol. The minimum Gasteiger partial charge on any atom is -0.378 e. The molecule has 2 aromatic rings. The number of anilines is 1. The van der Waals surface area contributed by atoms with Crippen molar-refractivity contribution in [2.24, 2.45) is 0 Å². The third-order valence-corrected chi connectivity index (χ3v) is 3.49. The molecule has 0 radical (unpaired) electrons. The van der Waals surface area contributed by atoms with Gasteiger partial charge in [0, 0.05) is 17.8 Å². The molecule has 0 aliphatic heterocycles. The van der Waals surface area contributed by atoms with Crippen LogP contribution in [0, 0.1) is 17.0 Å². The number of aryl methyl sites for hydroxylation is 1. The van der Waals surface area contributed by atoms with Gasteiger partial charge >= 0.3 is 0 Å². The van der Waals surface area contributed by atoms with Gasteiger partial charge in [-0.05, 0) is 37.1 Å². The summed E-state index contributed by atoms with van der Waals surface area (Å²) in [5.74, 6) is 0. The van der Waals surface area contributed by atoms with Gasteiger partial charge in [0.2, 0.25) is 0 Å². The summed E-state index contributed by atoms with van der Waals surface area (Å²) in [6, 6.07) is 12.8. The molecule has 0 amide bonds. The molecule has 0 aliphatic carbocycles. The molecule has 20 heavy (non-hydrogen) atoms. The van der Waals surface area contributed by atoms with Crippen LogP contribution < -0.4 is 5.32 Å². The van der Waals surface area contributed by atoms with E-state index in [9.17, 15) is 10.1 Å². The SMILES string of the molecule is Cc1ccccc1C(C)Nc1ccc([N+](=O)[O-])c(Cl)c1. The Balaban J connectivity index is 2.20. The Bertz CT molecular complexity index is 644. The van der Waals surface area contributed by atoms with E-state index in [0.717, 1.165) is 5.69 Å². The summed E-state index contributed by atoms with van der Waals surface area (Å²) in [6.45, 7) is 4.09. The molecule has 0 saturated heterocycles. The lowest BCUT2D eigenvalue weighted by Crippen LogP contribution is -2.08. The number of nitrogens with zero attached hydrogens (tertiary/aromatic N) is 1. The van der Waals surface area contributed by atoms with E-state index in [-0.39, 0.29) is 16.8 Å². The van der Waals surface area contributed by atoms with Crippen molar-refractivity contribution < 1.29 is 4.92 Å². The van der Waals surface area contributed by atoms with Gasteiger partial charge in [-0.2, -0.15) is 0 Å². The first kappa shape index (κ1) is 14.3. The summed E-state index contributed by atoms with van der Waals surface area (Å²) in [5.41, 5.74) is 3.06. The zero-order chi connectivity index (χ0) is 14.7. The molecule has 1 unspecified atom stereocenters. The lowest BCUT2D eigenvalue weighted by molar-refractivity contribution is -0.384. The summed E-state index contributed by atoms with van der Waals surface area (Å²) in [6.07, 6.45) is 0. The predicted molar refractivity (Wildman–Crippen MR) is 81.3 cm³/mol. The second-order valence-corrected chi connectivity index (χ2v) is 5.05. The van der Waals surface area contributed by atoms with Crippen LogP contribution in [-0.2, 0) is 0 Å². The van der Waals surface area contributed by atoms with Crippen molar-refractivity contribution in [3.05, 3.63) is 68.7 Å². The van der Waals surface area contributed by atoms with E-state index in [4.69, 9.17) is 11.6 Å². The molecule has 2 rings (SSSR count). The number of nitrogens with one attached hydrogen (secondary N) is 1. The molecule has 5 heteroatoms. The standard InChI is InChI=1S/C15H15ClN2O2/c1-10-5-3-4-6-13(10)11(2)17-12-7-8-15(18(19)20)14(16)9-12/h3-9,11,17H,1-2H3. The molecule has 0 spiro atoms. The minimum absolute atomic E-state index is 0.0826. The van der Waals surface area contributed by atoms with Crippen LogP contribution in [0.2, 0.25) is 5.02 Å². The maximum absolute atomic E-state index is 10.7. The maximum Gasteiger partial charge on any atom is 0.288 e. The van der Waals surface area contributed by atoms with Crippen molar-refractivity contribution in [1.82, 2.24) is 0 Å². The van der Waals surface area contributed by atoms with Crippen LogP contribution in [0.5, 0.6) is 0 Å². The smallest absolute Gasteiger partial charge is 0.288 e. The minimum atomic E-state index is -0.489. The van der Waals surface area contributed by atoms with Gasteiger partial charge in [0.05, 0.1) is 4.92 Å². The Labute approximate surface area is 122 Å². The molecule has 0 saturated carbocycles. The van der Waals surface area contributed by atoms with Gasteiger partial charge in [-0.25, -0.2) is 0 Å². The van der Waals surface area contributed by atoms with Crippen molar-refractivity contribution in [3.8, 4) is 0 Å². The topological polar surface area (TPSA) is 55.2 Å². The third-order valence-electron chi connectivity index (χ3n) is 3.18. The van der Waals surface area contributed by atoms with Crippen molar-refractivity contribution in [2.75, 3.05) is 5.32 Å². The molecule has 1 N–H and O–H groups in total. The van der Waals surface area contributed by atoms with E-state index >= 15 is 0 Å². The number of hydrogen-bond acceptors (Lipinski definition) is 3. The highest BCUT2D eigenvalue weighted by atomic mass is 35.5. The molecule has 0 bridgehead atoms. The number of nitro groups is 1. The maximum atomic E-state index is 10.7. The van der Waals surface area contributed by atoms with E-state index in [0.29, 0.717) is 0 Å². The molecule has 0 heterocycles. The largest absolute Gasteiger partial charge is 0.378 e. The van der Waals surface area contributed by atoms with Gasteiger partial charge in [-0.1, -0.05) is 35.9 Å². The Morgan fingerprint density at radius 1 is 1.25 bits per heavy atom. The highest BCUT2D eigenvalue weighted by Gasteiger charge is 2.13. The average Bonchev–Trinajstić information content (AvgIpc) is 2.38. The molecule has 0 aromatic heterocycles. The first-order valence-corrected chi connectivity index (χ1v) is 6.63. The number of benzene rings is 2. The van der Waals surface area contributed by atoms with Gasteiger partial charge < -0.3 is 5.32 Å². The molecular weight excluding hydrogens is 276 g/mol. The van der Waals surface area contributed by atoms with Crippen LogP contribution in [0.25, 0.3) is 0 Å². The first-order valence-electron chi connectivity index (χ1n) is 6.25. The van der Waals surface area contributed by atoms with Gasteiger partial charge in [0.25, 0.3) is 5.69 Å². The Hall–Kier alpha value is -2.07. The Morgan fingerprint density at radius 3 is 2.55 bits per heavy atom. The van der Waals surface area contributed by atoms with Crippen molar-refractivity contribution in [2.45, 2.75) is 19.9 Å². The number of hydrogen-bond donors (Lipinski definition) is 1. The van der Waals surface area contributed by atoms with Crippen LogP contribution in [0.4, 0.5) is 11.4 Å². The second-order valence-electron chi connectivity index (χ2n) is 4.65. The van der Waals surface area contributed by atoms with E-state index in [1.165, 1.54) is 17.2 Å². The molecule has 0 fully saturated rings. The lowest BCUT2D eigenvalue weighted by atomic mass is 10.0. The van der Waals surface area contributed by atoms with E-state index in [1.807, 2.05) is 19.1 Å². The second kappa shape index (κ2) is 5.92. The summed E-state index contributed by atoms with van der Waals surface area (Å²) >= 11 is 5.90. The van der Waals surface area contributed by atoms with Gasteiger partial charge in [-0.15, -0.1) is 0 Å². The molecule has 104 valence electrons. The van der Waals surface area contributed by atoms with Crippen molar-refractivity contribution in [1.29, 1.82) is 0 Å². The van der Waals surface area contributed by atoms with E-state index in [2.05, 4.69) is 24.4 Å². The van der Waals surface area contributed by atoms with Gasteiger partial charge in [0.1, 0.15) is 5.02 Å². The van der Waals surface area contributed by atoms with Crippen LogP contribution in [-0.4, -0.2) is 4.92 Å². The fraction of sp³-hybridized carbons (Fsp3) is 0.200. The highest BCUT2D eigenvalue weighted by Crippen LogP contribution is 2.29. The molecular formula is C15H15ClN2O2.